The van der Waals surface area contributed by atoms with E-state index < -0.39 is 0 Å². The molecule has 1 heterocycles. The topological polar surface area (TPSA) is 46.1 Å². The van der Waals surface area contributed by atoms with Gasteiger partial charge in [0.2, 0.25) is 0 Å². The van der Waals surface area contributed by atoms with Crippen LogP contribution in [0.1, 0.15) is 57.8 Å². The van der Waals surface area contributed by atoms with Crippen LogP contribution in [-0.4, -0.2) is 64.0 Å². The lowest BCUT2D eigenvalue weighted by Crippen LogP contribution is -2.41. The Morgan fingerprint density at radius 2 is 1.80 bits per heavy atom. The first-order valence-electron chi connectivity index (χ1n) is 9.90. The lowest BCUT2D eigenvalue weighted by Gasteiger charge is -2.27. The van der Waals surface area contributed by atoms with E-state index in [9.17, 15) is 0 Å². The fourth-order valence-electron chi connectivity index (χ4n) is 3.70. The second kappa shape index (κ2) is 14.0. The quantitative estimate of drug-likeness (QED) is 0.204. The van der Waals surface area contributed by atoms with Crippen LogP contribution in [0.5, 0.6) is 0 Å². The van der Waals surface area contributed by atoms with Gasteiger partial charge in [-0.05, 0) is 38.0 Å². The van der Waals surface area contributed by atoms with E-state index >= 15 is 0 Å². The molecule has 2 aliphatic rings. The molecular weight excluding hydrogens is 429 g/mol. The smallest absolute Gasteiger partial charge is 0.193 e. The molecule has 0 atom stereocenters. The molecule has 0 aromatic carbocycles. The molecule has 0 aromatic heterocycles. The standard InChI is InChI=1S/C19H37N3O2.HI/c1-20-19(22(2)13-9-17-10-14-23-15-11-17)21-12-16-24-18-7-5-3-4-6-8-18;/h17-18H,3-16H2,1-2H3,(H,20,21);1H. The van der Waals surface area contributed by atoms with Gasteiger partial charge in [-0.3, -0.25) is 4.99 Å². The first-order chi connectivity index (χ1) is 11.8. The monoisotopic (exact) mass is 467 g/mol. The molecule has 0 unspecified atom stereocenters. The molecule has 1 saturated heterocycles. The number of aliphatic imine (C=N–C) groups is 1. The Morgan fingerprint density at radius 3 is 2.44 bits per heavy atom. The average molecular weight is 467 g/mol. The molecule has 0 aromatic rings. The molecule has 0 amide bonds. The predicted molar refractivity (Wildman–Crippen MR) is 115 cm³/mol. The van der Waals surface area contributed by atoms with Crippen LogP contribution in [0.3, 0.4) is 0 Å². The number of nitrogens with zero attached hydrogens (tertiary/aromatic N) is 2. The Labute approximate surface area is 171 Å². The van der Waals surface area contributed by atoms with Crippen molar-refractivity contribution in [2.45, 2.75) is 63.9 Å². The van der Waals surface area contributed by atoms with Crippen molar-refractivity contribution in [1.82, 2.24) is 10.2 Å². The van der Waals surface area contributed by atoms with E-state index in [1.807, 2.05) is 7.05 Å². The molecule has 0 radical (unpaired) electrons. The first-order valence-corrected chi connectivity index (χ1v) is 9.90. The zero-order valence-electron chi connectivity index (χ0n) is 16.2. The second-order valence-corrected chi connectivity index (χ2v) is 7.22. The number of guanidine groups is 1. The van der Waals surface area contributed by atoms with Crippen LogP contribution >= 0.6 is 24.0 Å². The van der Waals surface area contributed by atoms with E-state index in [4.69, 9.17) is 9.47 Å². The van der Waals surface area contributed by atoms with Crippen LogP contribution in [0.2, 0.25) is 0 Å². The van der Waals surface area contributed by atoms with Crippen molar-refractivity contribution in [3.05, 3.63) is 0 Å². The van der Waals surface area contributed by atoms with Crippen molar-refractivity contribution in [2.75, 3.05) is 47.0 Å². The maximum Gasteiger partial charge on any atom is 0.193 e. The third-order valence-corrected chi connectivity index (χ3v) is 5.33. The van der Waals surface area contributed by atoms with Crippen molar-refractivity contribution in [3.63, 3.8) is 0 Å². The van der Waals surface area contributed by atoms with Gasteiger partial charge in [-0.15, -0.1) is 24.0 Å². The molecule has 1 N–H and O–H groups in total. The maximum atomic E-state index is 6.04. The Hall–Kier alpha value is -0.0800. The van der Waals surface area contributed by atoms with E-state index in [-0.39, 0.29) is 24.0 Å². The van der Waals surface area contributed by atoms with Crippen LogP contribution in [-0.2, 0) is 9.47 Å². The zero-order chi connectivity index (χ0) is 17.0. The van der Waals surface area contributed by atoms with E-state index in [0.29, 0.717) is 6.10 Å². The number of nitrogens with one attached hydrogen (secondary N) is 1. The van der Waals surface area contributed by atoms with Crippen molar-refractivity contribution in [3.8, 4) is 0 Å². The van der Waals surface area contributed by atoms with Gasteiger partial charge in [0.1, 0.15) is 0 Å². The minimum Gasteiger partial charge on any atom is -0.381 e. The average Bonchev–Trinajstić information content (AvgIpc) is 2.89. The second-order valence-electron chi connectivity index (χ2n) is 7.22. The predicted octanol–water partition coefficient (Wildman–Crippen LogP) is 3.67. The molecule has 0 bridgehead atoms. The van der Waals surface area contributed by atoms with Crippen LogP contribution in [0.4, 0.5) is 0 Å². The van der Waals surface area contributed by atoms with E-state index in [2.05, 4.69) is 22.3 Å². The minimum atomic E-state index is 0. The lowest BCUT2D eigenvalue weighted by atomic mass is 9.96. The van der Waals surface area contributed by atoms with Gasteiger partial charge in [-0.1, -0.05) is 25.7 Å². The third-order valence-electron chi connectivity index (χ3n) is 5.33. The van der Waals surface area contributed by atoms with Gasteiger partial charge in [-0.2, -0.15) is 0 Å². The summed E-state index contributed by atoms with van der Waals surface area (Å²) in [4.78, 5) is 6.64. The van der Waals surface area contributed by atoms with E-state index in [0.717, 1.165) is 44.8 Å². The van der Waals surface area contributed by atoms with Crippen molar-refractivity contribution < 1.29 is 9.47 Å². The van der Waals surface area contributed by atoms with Gasteiger partial charge < -0.3 is 19.7 Å². The Kier molecular flexibility index (Phi) is 12.9. The van der Waals surface area contributed by atoms with Gasteiger partial charge in [0, 0.05) is 40.4 Å². The van der Waals surface area contributed by atoms with Gasteiger partial charge in [0.15, 0.2) is 5.96 Å². The summed E-state index contributed by atoms with van der Waals surface area (Å²) in [6.45, 7) is 4.52. The Morgan fingerprint density at radius 1 is 1.12 bits per heavy atom. The van der Waals surface area contributed by atoms with Gasteiger partial charge in [-0.25, -0.2) is 0 Å². The molecule has 148 valence electrons. The summed E-state index contributed by atoms with van der Waals surface area (Å²) in [6.07, 6.45) is 12.0. The summed E-state index contributed by atoms with van der Waals surface area (Å²) < 4.78 is 11.5. The highest BCUT2D eigenvalue weighted by Gasteiger charge is 2.16. The van der Waals surface area contributed by atoms with Gasteiger partial charge >= 0.3 is 0 Å². The third kappa shape index (κ3) is 9.43. The normalized spacial score (nSPS) is 20.6. The van der Waals surface area contributed by atoms with Crippen molar-refractivity contribution in [1.29, 1.82) is 0 Å². The zero-order valence-corrected chi connectivity index (χ0v) is 18.5. The molecule has 1 aliphatic heterocycles. The molecule has 6 heteroatoms. The highest BCUT2D eigenvalue weighted by atomic mass is 127. The van der Waals surface area contributed by atoms with Gasteiger partial charge in [0.05, 0.1) is 12.7 Å². The molecule has 25 heavy (non-hydrogen) atoms. The van der Waals surface area contributed by atoms with Crippen LogP contribution in [0.25, 0.3) is 0 Å². The highest BCUT2D eigenvalue weighted by molar-refractivity contribution is 14.0. The summed E-state index contributed by atoms with van der Waals surface area (Å²) in [5.74, 6) is 1.78. The number of rotatable bonds is 7. The Bertz CT molecular complexity index is 355. The van der Waals surface area contributed by atoms with Crippen molar-refractivity contribution in [2.24, 2.45) is 10.9 Å². The molecular formula is C19H38IN3O2. The fourth-order valence-corrected chi connectivity index (χ4v) is 3.70. The number of halogens is 1. The highest BCUT2D eigenvalue weighted by Crippen LogP contribution is 2.20. The maximum absolute atomic E-state index is 6.04. The molecule has 1 saturated carbocycles. The van der Waals surface area contributed by atoms with Crippen LogP contribution in [0, 0.1) is 5.92 Å². The fraction of sp³-hybridized carbons (Fsp3) is 0.947. The van der Waals surface area contributed by atoms with Crippen LogP contribution < -0.4 is 5.32 Å². The molecule has 2 rings (SSSR count). The summed E-state index contributed by atoms with van der Waals surface area (Å²) >= 11 is 0. The number of ether oxygens (including phenoxy) is 2. The molecule has 1 aliphatic carbocycles. The minimum absolute atomic E-state index is 0. The largest absolute Gasteiger partial charge is 0.381 e. The summed E-state index contributed by atoms with van der Waals surface area (Å²) in [5, 5.41) is 3.44. The molecule has 5 nitrogen and oxygen atoms in total. The van der Waals surface area contributed by atoms with E-state index in [1.165, 1.54) is 57.8 Å². The van der Waals surface area contributed by atoms with Gasteiger partial charge in [0.25, 0.3) is 0 Å². The first kappa shape index (κ1) is 23.0. The molecule has 0 spiro atoms. The summed E-state index contributed by atoms with van der Waals surface area (Å²) in [5.41, 5.74) is 0. The van der Waals surface area contributed by atoms with Crippen molar-refractivity contribution >= 4 is 29.9 Å². The lowest BCUT2D eigenvalue weighted by molar-refractivity contribution is 0.0465. The Balaban J connectivity index is 0.00000312. The summed E-state index contributed by atoms with van der Waals surface area (Å²) in [6, 6.07) is 0. The van der Waals surface area contributed by atoms with E-state index in [1.54, 1.807) is 0 Å². The SMILES string of the molecule is CN=C(NCCOC1CCCCCC1)N(C)CCC1CCOCC1.I. The summed E-state index contributed by atoms with van der Waals surface area (Å²) in [7, 11) is 3.99. The van der Waals surface area contributed by atoms with Crippen LogP contribution in [0.15, 0.2) is 4.99 Å². The molecule has 2 fully saturated rings. The number of hydrogen-bond acceptors (Lipinski definition) is 3. The number of hydrogen-bond donors (Lipinski definition) is 1.